The van der Waals surface area contributed by atoms with Gasteiger partial charge in [-0.15, -0.1) is 0 Å². The Morgan fingerprint density at radius 1 is 0.967 bits per heavy atom. The van der Waals surface area contributed by atoms with Gasteiger partial charge in [0.2, 0.25) is 0 Å². The van der Waals surface area contributed by atoms with Gasteiger partial charge in [0.25, 0.3) is 0 Å². The lowest BCUT2D eigenvalue weighted by molar-refractivity contribution is 0.242. The SMILES string of the molecule is Cc1nc(-c2ccccn2)nc(N2CCC(CN(C)Cc3ccccc3)CC2)c1C. The summed E-state index contributed by atoms with van der Waals surface area (Å²) in [6.45, 7) is 8.44. The Morgan fingerprint density at radius 3 is 2.40 bits per heavy atom. The van der Waals surface area contributed by atoms with Crippen LogP contribution in [0.2, 0.25) is 0 Å². The molecule has 5 heteroatoms. The van der Waals surface area contributed by atoms with Gasteiger partial charge >= 0.3 is 0 Å². The number of rotatable bonds is 6. The molecule has 0 unspecified atom stereocenters. The first-order valence-corrected chi connectivity index (χ1v) is 10.8. The van der Waals surface area contributed by atoms with Crippen LogP contribution in [0.3, 0.4) is 0 Å². The molecule has 1 saturated heterocycles. The smallest absolute Gasteiger partial charge is 0.180 e. The van der Waals surface area contributed by atoms with Crippen LogP contribution < -0.4 is 4.90 Å². The molecule has 0 N–H and O–H groups in total. The van der Waals surface area contributed by atoms with E-state index in [1.54, 1.807) is 6.20 Å². The van der Waals surface area contributed by atoms with Crippen molar-refractivity contribution >= 4 is 5.82 Å². The number of benzene rings is 1. The normalized spacial score (nSPS) is 15.0. The monoisotopic (exact) mass is 401 g/mol. The molecule has 156 valence electrons. The highest BCUT2D eigenvalue weighted by atomic mass is 15.2. The van der Waals surface area contributed by atoms with Gasteiger partial charge < -0.3 is 9.80 Å². The molecule has 0 spiro atoms. The summed E-state index contributed by atoms with van der Waals surface area (Å²) >= 11 is 0. The van der Waals surface area contributed by atoms with Crippen molar-refractivity contribution in [2.45, 2.75) is 33.2 Å². The molecule has 2 aromatic heterocycles. The highest BCUT2D eigenvalue weighted by molar-refractivity contribution is 5.57. The molecule has 3 aromatic rings. The maximum Gasteiger partial charge on any atom is 0.180 e. The van der Waals surface area contributed by atoms with Gasteiger partial charge in [0, 0.05) is 43.6 Å². The van der Waals surface area contributed by atoms with Crippen LogP contribution in [0.1, 0.15) is 29.7 Å². The molecular formula is C25H31N5. The molecule has 0 atom stereocenters. The molecule has 0 saturated carbocycles. The molecule has 0 radical (unpaired) electrons. The number of piperidine rings is 1. The zero-order valence-corrected chi connectivity index (χ0v) is 18.3. The van der Waals surface area contributed by atoms with Crippen molar-refractivity contribution in [2.24, 2.45) is 5.92 Å². The van der Waals surface area contributed by atoms with E-state index in [2.05, 4.69) is 71.0 Å². The predicted molar refractivity (Wildman–Crippen MR) is 122 cm³/mol. The third kappa shape index (κ3) is 4.85. The van der Waals surface area contributed by atoms with Crippen LogP contribution in [0.4, 0.5) is 5.82 Å². The van der Waals surface area contributed by atoms with Gasteiger partial charge in [-0.05, 0) is 57.4 Å². The van der Waals surface area contributed by atoms with Crippen LogP contribution in [0.15, 0.2) is 54.7 Å². The minimum Gasteiger partial charge on any atom is -0.356 e. The Kier molecular flexibility index (Phi) is 6.38. The highest BCUT2D eigenvalue weighted by Crippen LogP contribution is 2.28. The van der Waals surface area contributed by atoms with E-state index in [1.165, 1.54) is 24.0 Å². The van der Waals surface area contributed by atoms with Gasteiger partial charge in [0.05, 0.1) is 0 Å². The summed E-state index contributed by atoms with van der Waals surface area (Å²) in [5.41, 5.74) is 4.42. The van der Waals surface area contributed by atoms with Crippen LogP contribution in [0, 0.1) is 19.8 Å². The molecule has 1 aliphatic rings. The zero-order valence-electron chi connectivity index (χ0n) is 18.3. The van der Waals surface area contributed by atoms with E-state index >= 15 is 0 Å². The van der Waals surface area contributed by atoms with Crippen LogP contribution >= 0.6 is 0 Å². The third-order valence-corrected chi connectivity index (χ3v) is 6.04. The molecule has 1 aromatic carbocycles. The number of pyridine rings is 1. The van der Waals surface area contributed by atoms with Crippen LogP contribution in [-0.4, -0.2) is 46.5 Å². The second-order valence-electron chi connectivity index (χ2n) is 8.41. The van der Waals surface area contributed by atoms with Crippen LogP contribution in [0.5, 0.6) is 0 Å². The molecule has 0 amide bonds. The lowest BCUT2D eigenvalue weighted by Gasteiger charge is -2.35. The lowest BCUT2D eigenvalue weighted by Crippen LogP contribution is -2.38. The molecule has 0 bridgehead atoms. The molecule has 4 rings (SSSR count). The van der Waals surface area contributed by atoms with Crippen molar-refractivity contribution in [3.05, 3.63) is 71.5 Å². The second kappa shape index (κ2) is 9.35. The fourth-order valence-corrected chi connectivity index (χ4v) is 4.26. The maximum absolute atomic E-state index is 4.91. The fourth-order valence-electron chi connectivity index (χ4n) is 4.26. The average Bonchev–Trinajstić information content (AvgIpc) is 2.77. The first-order chi connectivity index (χ1) is 14.6. The molecule has 1 aliphatic heterocycles. The van der Waals surface area contributed by atoms with E-state index in [1.807, 2.05) is 18.2 Å². The molecule has 30 heavy (non-hydrogen) atoms. The van der Waals surface area contributed by atoms with Crippen molar-refractivity contribution in [1.29, 1.82) is 0 Å². The maximum atomic E-state index is 4.91. The summed E-state index contributed by atoms with van der Waals surface area (Å²) in [7, 11) is 2.23. The number of aromatic nitrogens is 3. The topological polar surface area (TPSA) is 45.2 Å². The molecular weight excluding hydrogens is 370 g/mol. The minimum atomic E-state index is 0.721. The highest BCUT2D eigenvalue weighted by Gasteiger charge is 2.24. The summed E-state index contributed by atoms with van der Waals surface area (Å²) in [4.78, 5) is 18.9. The van der Waals surface area contributed by atoms with Crippen molar-refractivity contribution in [2.75, 3.05) is 31.6 Å². The summed E-state index contributed by atoms with van der Waals surface area (Å²) < 4.78 is 0. The minimum absolute atomic E-state index is 0.721. The van der Waals surface area contributed by atoms with Gasteiger partial charge in [-0.1, -0.05) is 36.4 Å². The van der Waals surface area contributed by atoms with Gasteiger partial charge in [-0.3, -0.25) is 4.98 Å². The standard InChI is InChI=1S/C25H31N5/c1-19-20(2)27-24(23-11-7-8-14-26-23)28-25(19)30-15-12-22(13-16-30)18-29(3)17-21-9-5-4-6-10-21/h4-11,14,22H,12-13,15-18H2,1-3H3. The average molecular weight is 402 g/mol. The fraction of sp³-hybridized carbons (Fsp3) is 0.400. The first kappa shape index (κ1) is 20.5. The number of hydrogen-bond acceptors (Lipinski definition) is 5. The first-order valence-electron chi connectivity index (χ1n) is 10.8. The summed E-state index contributed by atoms with van der Waals surface area (Å²) in [5.74, 6) is 2.52. The molecule has 1 fully saturated rings. The zero-order chi connectivity index (χ0) is 20.9. The van der Waals surface area contributed by atoms with E-state index in [9.17, 15) is 0 Å². The second-order valence-corrected chi connectivity index (χ2v) is 8.41. The summed E-state index contributed by atoms with van der Waals surface area (Å²) in [6, 6.07) is 16.6. The molecule has 3 heterocycles. The van der Waals surface area contributed by atoms with Gasteiger partial charge in [-0.25, -0.2) is 9.97 Å². The van der Waals surface area contributed by atoms with E-state index < -0.39 is 0 Å². The van der Waals surface area contributed by atoms with E-state index in [-0.39, 0.29) is 0 Å². The van der Waals surface area contributed by atoms with Crippen LogP contribution in [-0.2, 0) is 6.54 Å². The van der Waals surface area contributed by atoms with Crippen molar-refractivity contribution in [3.8, 4) is 11.5 Å². The van der Waals surface area contributed by atoms with Crippen molar-refractivity contribution in [3.63, 3.8) is 0 Å². The van der Waals surface area contributed by atoms with Gasteiger partial charge in [0.1, 0.15) is 11.5 Å². The Bertz CT molecular complexity index is 950. The Morgan fingerprint density at radius 2 is 1.70 bits per heavy atom. The van der Waals surface area contributed by atoms with Gasteiger partial charge in [-0.2, -0.15) is 0 Å². The Labute approximate surface area is 179 Å². The Balaban J connectivity index is 1.40. The van der Waals surface area contributed by atoms with Crippen molar-refractivity contribution in [1.82, 2.24) is 19.9 Å². The number of hydrogen-bond donors (Lipinski definition) is 0. The summed E-state index contributed by atoms with van der Waals surface area (Å²) in [5, 5.41) is 0. The van der Waals surface area contributed by atoms with E-state index in [0.29, 0.717) is 0 Å². The Hall–Kier alpha value is -2.79. The van der Waals surface area contributed by atoms with Crippen LogP contribution in [0.25, 0.3) is 11.5 Å². The predicted octanol–water partition coefficient (Wildman–Crippen LogP) is 4.50. The number of anilines is 1. The van der Waals surface area contributed by atoms with E-state index in [0.717, 1.165) is 55.1 Å². The third-order valence-electron chi connectivity index (χ3n) is 6.04. The lowest BCUT2D eigenvalue weighted by atomic mass is 9.95. The number of aryl methyl sites for hydroxylation is 1. The van der Waals surface area contributed by atoms with Gasteiger partial charge in [0.15, 0.2) is 5.82 Å². The quantitative estimate of drug-likeness (QED) is 0.608. The number of nitrogens with zero attached hydrogens (tertiary/aromatic N) is 5. The van der Waals surface area contributed by atoms with E-state index in [4.69, 9.17) is 4.98 Å². The molecule has 0 aliphatic carbocycles. The molecule has 5 nitrogen and oxygen atoms in total. The van der Waals surface area contributed by atoms with Crippen molar-refractivity contribution < 1.29 is 0 Å². The summed E-state index contributed by atoms with van der Waals surface area (Å²) in [6.07, 6.45) is 4.19. The largest absolute Gasteiger partial charge is 0.356 e.